The number of carbonyl (C=O) groups excluding carboxylic acids is 2. The first-order valence-corrected chi connectivity index (χ1v) is 7.88. The SMILES string of the molecule is CCOC(=O)c1nc(N)cn1C(C)C(=O)NCc1ccc(OC)cc1. The summed E-state index contributed by atoms with van der Waals surface area (Å²) in [5.74, 6) is 0.0217. The van der Waals surface area contributed by atoms with Crippen LogP contribution in [-0.2, 0) is 16.1 Å². The molecule has 0 fully saturated rings. The van der Waals surface area contributed by atoms with Crippen LogP contribution in [0.4, 0.5) is 5.82 Å². The van der Waals surface area contributed by atoms with Crippen LogP contribution in [-0.4, -0.2) is 35.1 Å². The van der Waals surface area contributed by atoms with Gasteiger partial charge >= 0.3 is 5.97 Å². The average Bonchev–Trinajstić information content (AvgIpc) is 3.01. The van der Waals surface area contributed by atoms with Crippen LogP contribution in [0.25, 0.3) is 0 Å². The van der Waals surface area contributed by atoms with Crippen LogP contribution in [0, 0.1) is 0 Å². The van der Waals surface area contributed by atoms with E-state index in [0.29, 0.717) is 6.54 Å². The van der Waals surface area contributed by atoms with Gasteiger partial charge in [0.1, 0.15) is 17.6 Å². The Morgan fingerprint density at radius 3 is 2.60 bits per heavy atom. The van der Waals surface area contributed by atoms with E-state index in [1.54, 1.807) is 21.0 Å². The van der Waals surface area contributed by atoms with Crippen molar-refractivity contribution >= 4 is 17.7 Å². The second-order valence-corrected chi connectivity index (χ2v) is 5.36. The van der Waals surface area contributed by atoms with Gasteiger partial charge in [-0.2, -0.15) is 0 Å². The molecule has 134 valence electrons. The third-order valence-electron chi connectivity index (χ3n) is 3.63. The largest absolute Gasteiger partial charge is 0.497 e. The Balaban J connectivity index is 2.05. The zero-order chi connectivity index (χ0) is 18.4. The van der Waals surface area contributed by atoms with Gasteiger partial charge in [0.25, 0.3) is 0 Å². The standard InChI is InChI=1S/C17H22N4O4/c1-4-25-17(23)15-20-14(18)10-21(15)11(2)16(22)19-9-12-5-7-13(24-3)8-6-12/h5-8,10-11H,4,9,18H2,1-3H3,(H,19,22). The number of ether oxygens (including phenoxy) is 2. The lowest BCUT2D eigenvalue weighted by molar-refractivity contribution is -0.124. The van der Waals surface area contributed by atoms with Crippen molar-refractivity contribution in [3.05, 3.63) is 41.9 Å². The van der Waals surface area contributed by atoms with Crippen LogP contribution in [0.1, 0.15) is 36.1 Å². The molecule has 0 radical (unpaired) electrons. The molecule has 25 heavy (non-hydrogen) atoms. The Hall–Kier alpha value is -3.03. The number of esters is 1. The van der Waals surface area contributed by atoms with Crippen LogP contribution in [0.2, 0.25) is 0 Å². The summed E-state index contributed by atoms with van der Waals surface area (Å²) in [5, 5.41) is 2.82. The van der Waals surface area contributed by atoms with Gasteiger partial charge in [-0.3, -0.25) is 4.79 Å². The van der Waals surface area contributed by atoms with E-state index < -0.39 is 12.0 Å². The number of benzene rings is 1. The molecule has 3 N–H and O–H groups in total. The van der Waals surface area contributed by atoms with Crippen molar-refractivity contribution in [3.63, 3.8) is 0 Å². The zero-order valence-electron chi connectivity index (χ0n) is 14.5. The molecule has 1 unspecified atom stereocenters. The Kier molecular flexibility index (Phi) is 5.99. The number of nitrogens with one attached hydrogen (secondary N) is 1. The molecular formula is C17H22N4O4. The van der Waals surface area contributed by atoms with Gasteiger partial charge in [-0.15, -0.1) is 0 Å². The van der Waals surface area contributed by atoms with Crippen LogP contribution in [0.3, 0.4) is 0 Å². The van der Waals surface area contributed by atoms with Crippen molar-refractivity contribution in [2.24, 2.45) is 0 Å². The van der Waals surface area contributed by atoms with Crippen molar-refractivity contribution in [2.75, 3.05) is 19.5 Å². The number of hydrogen-bond donors (Lipinski definition) is 2. The molecule has 1 aromatic carbocycles. The number of anilines is 1. The van der Waals surface area contributed by atoms with E-state index in [-0.39, 0.29) is 24.2 Å². The Morgan fingerprint density at radius 2 is 2.00 bits per heavy atom. The lowest BCUT2D eigenvalue weighted by Gasteiger charge is -2.15. The number of aromatic nitrogens is 2. The third-order valence-corrected chi connectivity index (χ3v) is 3.63. The number of imidazole rings is 1. The van der Waals surface area contributed by atoms with Crippen LogP contribution >= 0.6 is 0 Å². The number of methoxy groups -OCH3 is 1. The van der Waals surface area contributed by atoms with E-state index in [2.05, 4.69) is 10.3 Å². The molecule has 0 aliphatic heterocycles. The normalized spacial score (nSPS) is 11.6. The number of rotatable bonds is 7. The summed E-state index contributed by atoms with van der Waals surface area (Å²) in [7, 11) is 1.59. The minimum Gasteiger partial charge on any atom is -0.497 e. The van der Waals surface area contributed by atoms with Crippen molar-refractivity contribution in [1.82, 2.24) is 14.9 Å². The summed E-state index contributed by atoms with van der Waals surface area (Å²) in [6, 6.07) is 6.70. The van der Waals surface area contributed by atoms with Gasteiger partial charge in [0, 0.05) is 12.7 Å². The van der Waals surface area contributed by atoms with E-state index >= 15 is 0 Å². The summed E-state index contributed by atoms with van der Waals surface area (Å²) >= 11 is 0. The minimum absolute atomic E-state index is 0.00597. The molecule has 8 heteroatoms. The molecular weight excluding hydrogens is 324 g/mol. The molecule has 8 nitrogen and oxygen atoms in total. The Labute approximate surface area is 145 Å². The highest BCUT2D eigenvalue weighted by Gasteiger charge is 2.23. The summed E-state index contributed by atoms with van der Waals surface area (Å²) in [6.45, 7) is 3.92. The highest BCUT2D eigenvalue weighted by Crippen LogP contribution is 2.15. The smallest absolute Gasteiger partial charge is 0.374 e. The maximum absolute atomic E-state index is 12.4. The van der Waals surface area contributed by atoms with E-state index in [1.807, 2.05) is 24.3 Å². The molecule has 0 aliphatic rings. The summed E-state index contributed by atoms with van der Waals surface area (Å²) in [5.41, 5.74) is 6.59. The van der Waals surface area contributed by atoms with Gasteiger partial charge in [-0.1, -0.05) is 12.1 Å². The molecule has 0 spiro atoms. The molecule has 2 rings (SSSR count). The Morgan fingerprint density at radius 1 is 1.32 bits per heavy atom. The zero-order valence-corrected chi connectivity index (χ0v) is 14.5. The molecule has 0 aliphatic carbocycles. The number of amides is 1. The van der Waals surface area contributed by atoms with Crippen molar-refractivity contribution in [1.29, 1.82) is 0 Å². The van der Waals surface area contributed by atoms with E-state index in [4.69, 9.17) is 15.2 Å². The number of nitrogen functional groups attached to an aromatic ring is 1. The van der Waals surface area contributed by atoms with E-state index in [9.17, 15) is 9.59 Å². The lowest BCUT2D eigenvalue weighted by Crippen LogP contribution is -2.32. The highest BCUT2D eigenvalue weighted by atomic mass is 16.5. The van der Waals surface area contributed by atoms with Gasteiger partial charge in [-0.05, 0) is 31.5 Å². The summed E-state index contributed by atoms with van der Waals surface area (Å²) < 4.78 is 11.5. The fourth-order valence-electron chi connectivity index (χ4n) is 2.26. The highest BCUT2D eigenvalue weighted by molar-refractivity contribution is 5.88. The fraction of sp³-hybridized carbons (Fsp3) is 0.353. The van der Waals surface area contributed by atoms with E-state index in [1.165, 1.54) is 10.8 Å². The van der Waals surface area contributed by atoms with Gasteiger partial charge in [0.05, 0.1) is 13.7 Å². The predicted molar refractivity (Wildman–Crippen MR) is 92.1 cm³/mol. The Bertz CT molecular complexity index is 740. The average molecular weight is 346 g/mol. The number of nitrogens with zero attached hydrogens (tertiary/aromatic N) is 2. The van der Waals surface area contributed by atoms with Crippen LogP contribution < -0.4 is 15.8 Å². The first-order chi connectivity index (χ1) is 12.0. The molecule has 1 heterocycles. The van der Waals surface area contributed by atoms with Crippen LogP contribution in [0.15, 0.2) is 30.5 Å². The monoisotopic (exact) mass is 346 g/mol. The van der Waals surface area contributed by atoms with Gasteiger partial charge < -0.3 is 25.1 Å². The third kappa shape index (κ3) is 4.50. The molecule has 1 aromatic heterocycles. The quantitative estimate of drug-likeness (QED) is 0.736. The lowest BCUT2D eigenvalue weighted by atomic mass is 10.2. The molecule has 1 amide bonds. The van der Waals surface area contributed by atoms with Gasteiger partial charge in [-0.25, -0.2) is 9.78 Å². The predicted octanol–water partition coefficient (Wildman–Crippen LogP) is 1.53. The van der Waals surface area contributed by atoms with Gasteiger partial charge in [0.15, 0.2) is 0 Å². The molecule has 0 saturated carbocycles. The molecule has 1 atom stereocenters. The maximum atomic E-state index is 12.4. The van der Waals surface area contributed by atoms with Crippen molar-refractivity contribution in [3.8, 4) is 5.75 Å². The fourth-order valence-corrected chi connectivity index (χ4v) is 2.26. The number of nitrogens with two attached hydrogens (primary N) is 1. The van der Waals surface area contributed by atoms with Crippen LogP contribution in [0.5, 0.6) is 5.75 Å². The minimum atomic E-state index is -0.664. The van der Waals surface area contributed by atoms with Crippen molar-refractivity contribution < 1.29 is 19.1 Å². The van der Waals surface area contributed by atoms with Crippen molar-refractivity contribution in [2.45, 2.75) is 26.4 Å². The maximum Gasteiger partial charge on any atom is 0.374 e. The first kappa shape index (κ1) is 18.3. The molecule has 0 saturated heterocycles. The van der Waals surface area contributed by atoms with E-state index in [0.717, 1.165) is 11.3 Å². The summed E-state index contributed by atoms with van der Waals surface area (Å²) in [6.07, 6.45) is 1.45. The molecule has 2 aromatic rings. The second kappa shape index (κ2) is 8.18. The topological polar surface area (TPSA) is 108 Å². The second-order valence-electron chi connectivity index (χ2n) is 5.36. The van der Waals surface area contributed by atoms with Gasteiger partial charge in [0.2, 0.25) is 11.7 Å². The molecule has 0 bridgehead atoms. The summed E-state index contributed by atoms with van der Waals surface area (Å²) in [4.78, 5) is 28.3. The first-order valence-electron chi connectivity index (χ1n) is 7.88. The number of hydrogen-bond acceptors (Lipinski definition) is 6. The number of carbonyl (C=O) groups is 2.